The summed E-state index contributed by atoms with van der Waals surface area (Å²) in [6.45, 7) is 2.14. The van der Waals surface area contributed by atoms with Crippen LogP contribution in [0.2, 0.25) is 0 Å². The summed E-state index contributed by atoms with van der Waals surface area (Å²) in [7, 11) is 0. The highest BCUT2D eigenvalue weighted by atomic mass is 16.4. The first kappa shape index (κ1) is 14.9. The van der Waals surface area contributed by atoms with Crippen molar-refractivity contribution in [1.29, 1.82) is 0 Å². The summed E-state index contributed by atoms with van der Waals surface area (Å²) < 4.78 is 5.61. The van der Waals surface area contributed by atoms with Gasteiger partial charge in [-0.25, -0.2) is 9.97 Å². The molecule has 0 bridgehead atoms. The van der Waals surface area contributed by atoms with E-state index in [-0.39, 0.29) is 11.6 Å². The predicted molar refractivity (Wildman–Crippen MR) is 84.6 cm³/mol. The number of nitrogens with two attached hydrogens (primary N) is 1. The van der Waals surface area contributed by atoms with Crippen LogP contribution >= 0.6 is 0 Å². The molecule has 0 saturated heterocycles. The third-order valence-corrected chi connectivity index (χ3v) is 3.25. The minimum atomic E-state index is -0.332. The minimum absolute atomic E-state index is 0.246. The Kier molecular flexibility index (Phi) is 4.11. The zero-order valence-corrected chi connectivity index (χ0v) is 12.5. The smallest absolute Gasteiger partial charge is 0.275 e. The zero-order valence-electron chi connectivity index (χ0n) is 12.5. The molecule has 3 rings (SSSR count). The van der Waals surface area contributed by atoms with Crippen molar-refractivity contribution in [2.75, 3.05) is 5.32 Å². The van der Waals surface area contributed by atoms with Crippen LogP contribution < -0.4 is 11.1 Å². The number of hydrogen-bond donors (Lipinski definition) is 2. The first-order chi connectivity index (χ1) is 11.2. The van der Waals surface area contributed by atoms with Crippen LogP contribution in [0.4, 0.5) is 5.69 Å². The molecule has 0 spiro atoms. The van der Waals surface area contributed by atoms with Gasteiger partial charge in [-0.05, 0) is 25.1 Å². The van der Waals surface area contributed by atoms with Crippen LogP contribution in [0.15, 0.2) is 47.3 Å². The molecule has 2 heterocycles. The van der Waals surface area contributed by atoms with Crippen LogP contribution in [-0.2, 0) is 6.54 Å². The van der Waals surface area contributed by atoms with Crippen molar-refractivity contribution in [3.8, 4) is 11.5 Å². The first-order valence-corrected chi connectivity index (χ1v) is 7.01. The van der Waals surface area contributed by atoms with Gasteiger partial charge in [-0.15, -0.1) is 0 Å². The monoisotopic (exact) mass is 309 g/mol. The number of nitrogens with zero attached hydrogens (tertiary/aromatic N) is 3. The van der Waals surface area contributed by atoms with Gasteiger partial charge in [-0.3, -0.25) is 9.78 Å². The maximum Gasteiger partial charge on any atom is 0.275 e. The van der Waals surface area contributed by atoms with E-state index in [2.05, 4.69) is 20.3 Å². The molecule has 2 aromatic heterocycles. The van der Waals surface area contributed by atoms with Gasteiger partial charge in [0.1, 0.15) is 11.5 Å². The fraction of sp³-hybridized carbons (Fsp3) is 0.125. The molecule has 0 fully saturated rings. The second-order valence-corrected chi connectivity index (χ2v) is 4.85. The van der Waals surface area contributed by atoms with Gasteiger partial charge in [-0.2, -0.15) is 0 Å². The number of aryl methyl sites for hydroxylation is 1. The SMILES string of the molecule is Cc1oc(-c2cccc(NC(=O)c3cnccn3)c2)nc1CN. The summed E-state index contributed by atoms with van der Waals surface area (Å²) in [6, 6.07) is 7.21. The normalized spacial score (nSPS) is 10.5. The molecule has 3 N–H and O–H groups in total. The molecule has 0 aliphatic rings. The molecule has 0 unspecified atom stereocenters. The van der Waals surface area contributed by atoms with Gasteiger partial charge >= 0.3 is 0 Å². The van der Waals surface area contributed by atoms with Crippen molar-refractivity contribution in [2.45, 2.75) is 13.5 Å². The van der Waals surface area contributed by atoms with E-state index in [0.717, 1.165) is 5.56 Å². The number of amides is 1. The lowest BCUT2D eigenvalue weighted by Gasteiger charge is -2.05. The van der Waals surface area contributed by atoms with Crippen LogP contribution in [-0.4, -0.2) is 20.9 Å². The average molecular weight is 309 g/mol. The molecular weight excluding hydrogens is 294 g/mol. The van der Waals surface area contributed by atoms with Gasteiger partial charge in [0, 0.05) is 30.2 Å². The van der Waals surface area contributed by atoms with Crippen molar-refractivity contribution < 1.29 is 9.21 Å². The van der Waals surface area contributed by atoms with Gasteiger partial charge in [0.15, 0.2) is 0 Å². The maximum absolute atomic E-state index is 12.1. The quantitative estimate of drug-likeness (QED) is 0.764. The Morgan fingerprint density at radius 3 is 2.91 bits per heavy atom. The van der Waals surface area contributed by atoms with Gasteiger partial charge in [0.2, 0.25) is 5.89 Å². The number of hydrogen-bond acceptors (Lipinski definition) is 6. The minimum Gasteiger partial charge on any atom is -0.441 e. The number of aromatic nitrogens is 3. The van der Waals surface area contributed by atoms with E-state index < -0.39 is 0 Å². The fourth-order valence-electron chi connectivity index (χ4n) is 2.08. The van der Waals surface area contributed by atoms with Crippen LogP contribution in [0.1, 0.15) is 21.9 Å². The lowest BCUT2D eigenvalue weighted by Crippen LogP contribution is -2.13. The summed E-state index contributed by atoms with van der Waals surface area (Å²) in [5.41, 5.74) is 7.94. The molecule has 0 radical (unpaired) electrons. The number of rotatable bonds is 4. The first-order valence-electron chi connectivity index (χ1n) is 7.01. The Balaban J connectivity index is 1.83. The molecule has 23 heavy (non-hydrogen) atoms. The average Bonchev–Trinajstić information content (AvgIpc) is 2.97. The number of oxazole rings is 1. The second kappa shape index (κ2) is 6.37. The van der Waals surface area contributed by atoms with Crippen LogP contribution in [0.5, 0.6) is 0 Å². The highest BCUT2D eigenvalue weighted by Crippen LogP contribution is 2.24. The lowest BCUT2D eigenvalue weighted by molar-refractivity contribution is 0.102. The Labute approximate surface area is 132 Å². The topological polar surface area (TPSA) is 107 Å². The standard InChI is InChI=1S/C16H15N5O2/c1-10-13(8-17)21-16(23-10)11-3-2-4-12(7-11)20-15(22)14-9-18-5-6-19-14/h2-7,9H,8,17H2,1H3,(H,20,22). The molecule has 7 heteroatoms. The number of carbonyl (C=O) groups excluding carboxylic acids is 1. The highest BCUT2D eigenvalue weighted by Gasteiger charge is 2.12. The Bertz CT molecular complexity index is 829. The molecular formula is C16H15N5O2. The van der Waals surface area contributed by atoms with Crippen LogP contribution in [0.25, 0.3) is 11.5 Å². The molecule has 0 aliphatic carbocycles. The van der Waals surface area contributed by atoms with Gasteiger partial charge in [-0.1, -0.05) is 6.07 Å². The third-order valence-electron chi connectivity index (χ3n) is 3.25. The number of benzene rings is 1. The molecule has 1 amide bonds. The fourth-order valence-corrected chi connectivity index (χ4v) is 2.08. The van der Waals surface area contributed by atoms with E-state index in [0.29, 0.717) is 29.6 Å². The van der Waals surface area contributed by atoms with Gasteiger partial charge in [0.05, 0.1) is 11.9 Å². The van der Waals surface area contributed by atoms with Gasteiger partial charge in [0.25, 0.3) is 5.91 Å². The van der Waals surface area contributed by atoms with Crippen molar-refractivity contribution in [3.05, 3.63) is 60.0 Å². The summed E-state index contributed by atoms with van der Waals surface area (Å²) in [4.78, 5) is 24.3. The summed E-state index contributed by atoms with van der Waals surface area (Å²) in [5.74, 6) is 0.830. The van der Waals surface area contributed by atoms with Gasteiger partial charge < -0.3 is 15.5 Å². The third kappa shape index (κ3) is 3.24. The lowest BCUT2D eigenvalue weighted by atomic mass is 10.2. The molecule has 0 aliphatic heterocycles. The maximum atomic E-state index is 12.1. The van der Waals surface area contributed by atoms with E-state index in [9.17, 15) is 4.79 Å². The highest BCUT2D eigenvalue weighted by molar-refractivity contribution is 6.02. The number of anilines is 1. The zero-order chi connectivity index (χ0) is 16.2. The van der Waals surface area contributed by atoms with E-state index in [1.807, 2.05) is 19.1 Å². The number of carbonyl (C=O) groups is 1. The largest absolute Gasteiger partial charge is 0.441 e. The van der Waals surface area contributed by atoms with E-state index in [4.69, 9.17) is 10.2 Å². The molecule has 0 saturated carbocycles. The van der Waals surface area contributed by atoms with Crippen molar-refractivity contribution in [1.82, 2.24) is 15.0 Å². The Morgan fingerprint density at radius 2 is 2.22 bits per heavy atom. The number of nitrogens with one attached hydrogen (secondary N) is 1. The molecule has 0 atom stereocenters. The molecule has 116 valence electrons. The van der Waals surface area contributed by atoms with E-state index >= 15 is 0 Å². The Morgan fingerprint density at radius 1 is 1.35 bits per heavy atom. The van der Waals surface area contributed by atoms with Crippen molar-refractivity contribution >= 4 is 11.6 Å². The summed E-state index contributed by atoms with van der Waals surface area (Å²) >= 11 is 0. The molecule has 1 aromatic carbocycles. The van der Waals surface area contributed by atoms with Crippen molar-refractivity contribution in [3.63, 3.8) is 0 Å². The summed E-state index contributed by atoms with van der Waals surface area (Å²) in [5, 5.41) is 2.77. The van der Waals surface area contributed by atoms with Crippen LogP contribution in [0, 0.1) is 6.92 Å². The second-order valence-electron chi connectivity index (χ2n) is 4.85. The molecule has 7 nitrogen and oxygen atoms in total. The van der Waals surface area contributed by atoms with E-state index in [1.54, 1.807) is 12.1 Å². The Hall–Kier alpha value is -3.06. The van der Waals surface area contributed by atoms with Crippen molar-refractivity contribution in [2.24, 2.45) is 5.73 Å². The predicted octanol–water partition coefficient (Wildman–Crippen LogP) is 2.15. The van der Waals surface area contributed by atoms with E-state index in [1.165, 1.54) is 18.6 Å². The summed E-state index contributed by atoms with van der Waals surface area (Å²) in [6.07, 6.45) is 4.39. The molecule has 3 aromatic rings. The van der Waals surface area contributed by atoms with Crippen LogP contribution in [0.3, 0.4) is 0 Å².